The molecule has 0 aliphatic heterocycles. The van der Waals surface area contributed by atoms with Crippen molar-refractivity contribution in [1.82, 2.24) is 15.3 Å². The largest absolute Gasteiger partial charge is 0.363 e. The van der Waals surface area contributed by atoms with Gasteiger partial charge in [-0.25, -0.2) is 14.2 Å². The molecule has 1 saturated carbocycles. The quantitative estimate of drug-likeness (QED) is 0.477. The number of carbonyl (C=O) groups excluding carboxylic acids is 1. The second-order valence-corrected chi connectivity index (χ2v) is 9.28. The van der Waals surface area contributed by atoms with Crippen LogP contribution in [0.5, 0.6) is 0 Å². The fraction of sp³-hybridized carbons (Fsp3) is 0.450. The van der Waals surface area contributed by atoms with E-state index in [1.54, 1.807) is 6.20 Å². The fourth-order valence-corrected chi connectivity index (χ4v) is 4.75. The van der Waals surface area contributed by atoms with Gasteiger partial charge in [0.2, 0.25) is 5.95 Å². The highest BCUT2D eigenvalue weighted by Crippen LogP contribution is 2.32. The van der Waals surface area contributed by atoms with Crippen molar-refractivity contribution in [2.45, 2.75) is 31.7 Å². The number of nitrogens with zero attached hydrogens (tertiary/aromatic N) is 3. The summed E-state index contributed by atoms with van der Waals surface area (Å²) in [5.74, 6) is 1.56. The summed E-state index contributed by atoms with van der Waals surface area (Å²) in [6.07, 6.45) is 5.78. The molecule has 30 heavy (non-hydrogen) atoms. The monoisotopic (exact) mass is 542 g/mol. The number of hydrogen-bond acceptors (Lipinski definition) is 5. The summed E-state index contributed by atoms with van der Waals surface area (Å²) in [7, 11) is 3.90. The maximum Gasteiger partial charge on any atom is 0.319 e. The third-order valence-electron chi connectivity index (χ3n) is 5.08. The minimum absolute atomic E-state index is 0.308. The Bertz CT molecular complexity index is 866. The number of hydrogen-bond donors (Lipinski definition) is 3. The summed E-state index contributed by atoms with van der Waals surface area (Å²) >= 11 is 6.54. The van der Waals surface area contributed by atoms with Crippen LogP contribution in [0.3, 0.4) is 0 Å². The summed E-state index contributed by atoms with van der Waals surface area (Å²) in [6.45, 7) is 0.599. The van der Waals surface area contributed by atoms with Crippen LogP contribution in [0.2, 0.25) is 0 Å². The van der Waals surface area contributed by atoms with E-state index in [0.717, 1.165) is 31.5 Å². The van der Waals surface area contributed by atoms with Gasteiger partial charge >= 0.3 is 6.03 Å². The first-order chi connectivity index (χ1) is 14.3. The first-order valence-electron chi connectivity index (χ1n) is 9.78. The number of rotatable bonds is 6. The van der Waals surface area contributed by atoms with Crippen molar-refractivity contribution in [2.24, 2.45) is 5.92 Å². The number of anilines is 3. The molecule has 1 aromatic heterocycles. The molecule has 1 aliphatic rings. The molecule has 3 N–H and O–H groups in total. The van der Waals surface area contributed by atoms with E-state index in [1.165, 1.54) is 12.1 Å². The van der Waals surface area contributed by atoms with Gasteiger partial charge in [-0.05, 0) is 81.7 Å². The lowest BCUT2D eigenvalue weighted by Gasteiger charge is -2.29. The van der Waals surface area contributed by atoms with Crippen molar-refractivity contribution >= 4 is 55.3 Å². The number of nitrogens with one attached hydrogen (secondary N) is 3. The Morgan fingerprint density at radius 1 is 1.20 bits per heavy atom. The topological polar surface area (TPSA) is 82.2 Å². The lowest BCUT2D eigenvalue weighted by Crippen LogP contribution is -2.36. The first kappa shape index (κ1) is 22.7. The number of benzene rings is 1. The summed E-state index contributed by atoms with van der Waals surface area (Å²) in [4.78, 5) is 23.0. The van der Waals surface area contributed by atoms with Crippen LogP contribution in [0.1, 0.15) is 25.7 Å². The predicted octanol–water partition coefficient (Wildman–Crippen LogP) is 5.00. The van der Waals surface area contributed by atoms with Crippen LogP contribution in [-0.4, -0.2) is 42.7 Å². The molecule has 10 heteroatoms. The first-order valence-corrected chi connectivity index (χ1v) is 11.4. The smallest absolute Gasteiger partial charge is 0.319 e. The van der Waals surface area contributed by atoms with Crippen LogP contribution >= 0.6 is 31.9 Å². The van der Waals surface area contributed by atoms with Crippen LogP contribution in [0.15, 0.2) is 33.3 Å². The summed E-state index contributed by atoms with van der Waals surface area (Å²) in [5.41, 5.74) is 0.502. The number of urea groups is 1. The fourth-order valence-electron chi connectivity index (χ4n) is 3.42. The average molecular weight is 544 g/mol. The summed E-state index contributed by atoms with van der Waals surface area (Å²) in [6, 6.07) is 4.52. The van der Waals surface area contributed by atoms with Crippen LogP contribution in [0.25, 0.3) is 0 Å². The SMILES string of the molecule is CN(C)c1ccnc(NC2CCC(CNC(=O)Nc3c(Br)cc(F)cc3Br)CC2)n1. The maximum absolute atomic E-state index is 13.4. The highest BCUT2D eigenvalue weighted by Gasteiger charge is 2.22. The van der Waals surface area contributed by atoms with Crippen molar-refractivity contribution in [3.05, 3.63) is 39.2 Å². The van der Waals surface area contributed by atoms with Gasteiger partial charge in [-0.1, -0.05) is 0 Å². The molecule has 1 aromatic carbocycles. The number of halogens is 3. The van der Waals surface area contributed by atoms with Gasteiger partial charge in [0, 0.05) is 41.8 Å². The Labute approximate surface area is 192 Å². The van der Waals surface area contributed by atoms with E-state index < -0.39 is 0 Å². The molecular formula is C20H25Br2FN6O. The number of amides is 2. The van der Waals surface area contributed by atoms with Crippen molar-refractivity contribution in [3.8, 4) is 0 Å². The Kier molecular flexibility index (Phi) is 7.87. The van der Waals surface area contributed by atoms with Crippen LogP contribution in [-0.2, 0) is 0 Å². The van der Waals surface area contributed by atoms with Crippen LogP contribution < -0.4 is 20.9 Å². The highest BCUT2D eigenvalue weighted by molar-refractivity contribution is 9.11. The second kappa shape index (κ2) is 10.4. The molecule has 162 valence electrons. The van der Waals surface area contributed by atoms with Crippen molar-refractivity contribution in [3.63, 3.8) is 0 Å². The molecule has 2 aromatic rings. The third kappa shape index (κ3) is 6.28. The van der Waals surface area contributed by atoms with Gasteiger partial charge in [0.15, 0.2) is 0 Å². The zero-order valence-corrected chi connectivity index (χ0v) is 20.1. The van der Waals surface area contributed by atoms with Gasteiger partial charge in [-0.15, -0.1) is 0 Å². The van der Waals surface area contributed by atoms with Gasteiger partial charge in [0.25, 0.3) is 0 Å². The maximum atomic E-state index is 13.4. The third-order valence-corrected chi connectivity index (χ3v) is 6.33. The van der Waals surface area contributed by atoms with E-state index in [0.29, 0.717) is 39.1 Å². The van der Waals surface area contributed by atoms with Gasteiger partial charge in [-0.3, -0.25) is 0 Å². The standard InChI is InChI=1S/C20H25Br2FN6O/c1-29(2)17-7-8-24-19(27-17)26-14-5-3-12(4-6-14)11-25-20(30)28-18-15(21)9-13(23)10-16(18)22/h7-10,12,14H,3-6,11H2,1-2H3,(H,24,26,27)(H2,25,28,30). The molecule has 0 unspecified atom stereocenters. The van der Waals surface area contributed by atoms with E-state index in [9.17, 15) is 9.18 Å². The summed E-state index contributed by atoms with van der Waals surface area (Å²) < 4.78 is 14.3. The molecule has 0 radical (unpaired) electrons. The molecule has 3 rings (SSSR count). The minimum Gasteiger partial charge on any atom is -0.363 e. The van der Waals surface area contributed by atoms with Crippen LogP contribution in [0.4, 0.5) is 26.6 Å². The van der Waals surface area contributed by atoms with Gasteiger partial charge < -0.3 is 20.9 Å². The molecule has 1 heterocycles. The zero-order chi connectivity index (χ0) is 21.7. The Hall–Kier alpha value is -1.94. The molecule has 0 atom stereocenters. The average Bonchev–Trinajstić information content (AvgIpc) is 2.70. The van der Waals surface area contributed by atoms with Crippen molar-refractivity contribution < 1.29 is 9.18 Å². The normalized spacial score (nSPS) is 18.6. The zero-order valence-electron chi connectivity index (χ0n) is 16.9. The Morgan fingerprint density at radius 2 is 1.87 bits per heavy atom. The molecule has 0 spiro atoms. The van der Waals surface area contributed by atoms with Crippen molar-refractivity contribution in [2.75, 3.05) is 36.2 Å². The lowest BCUT2D eigenvalue weighted by molar-refractivity contribution is 0.246. The van der Waals surface area contributed by atoms with Gasteiger partial charge in [0.1, 0.15) is 11.6 Å². The second-order valence-electron chi connectivity index (χ2n) is 7.57. The van der Waals surface area contributed by atoms with Gasteiger partial charge in [0.05, 0.1) is 5.69 Å². The van der Waals surface area contributed by atoms with E-state index in [1.807, 2.05) is 25.1 Å². The molecule has 0 saturated heterocycles. The van der Waals surface area contributed by atoms with E-state index in [4.69, 9.17) is 0 Å². The lowest BCUT2D eigenvalue weighted by atomic mass is 9.86. The molecule has 7 nitrogen and oxygen atoms in total. The van der Waals surface area contributed by atoms with E-state index in [-0.39, 0.29) is 11.8 Å². The predicted molar refractivity (Wildman–Crippen MR) is 125 cm³/mol. The number of aromatic nitrogens is 2. The number of carbonyl (C=O) groups is 1. The molecule has 1 fully saturated rings. The van der Waals surface area contributed by atoms with E-state index >= 15 is 0 Å². The molecule has 2 amide bonds. The highest BCUT2D eigenvalue weighted by atomic mass is 79.9. The van der Waals surface area contributed by atoms with Crippen molar-refractivity contribution in [1.29, 1.82) is 0 Å². The molecule has 1 aliphatic carbocycles. The Balaban J connectivity index is 1.43. The molecule has 0 bridgehead atoms. The molecular weight excluding hydrogens is 519 g/mol. The van der Waals surface area contributed by atoms with E-state index in [2.05, 4.69) is 57.8 Å². The van der Waals surface area contributed by atoms with Gasteiger partial charge in [-0.2, -0.15) is 4.98 Å². The van der Waals surface area contributed by atoms with Crippen LogP contribution in [0, 0.1) is 11.7 Å². The minimum atomic E-state index is -0.385. The Morgan fingerprint density at radius 3 is 2.50 bits per heavy atom. The summed E-state index contributed by atoms with van der Waals surface area (Å²) in [5, 5.41) is 9.10.